The van der Waals surface area contributed by atoms with E-state index >= 15 is 0 Å². The van der Waals surface area contributed by atoms with Crippen LogP contribution < -0.4 is 0 Å². The van der Waals surface area contributed by atoms with E-state index < -0.39 is 0 Å². The molecule has 0 aromatic heterocycles. The topological polar surface area (TPSA) is 57.3 Å². The molecule has 0 amide bonds. The van der Waals surface area contributed by atoms with Crippen LogP contribution in [0, 0.1) is 5.92 Å². The molecule has 0 radical (unpaired) electrons. The zero-order chi connectivity index (χ0) is 18.6. The standard InChI is InChI=1S/C22H24O5/c1-15(23)24-14-18-19(25-12-16-8-4-2-5-9-16)21(22-20(18)27-22)26-13-17-10-6-3-7-11-17/h2-11,18-22H,12-14H2,1H3/t18-,19+,20+,21+,22+/m0/s1. The minimum absolute atomic E-state index is 0.00930. The molecule has 4 rings (SSSR count). The molecule has 0 spiro atoms. The lowest BCUT2D eigenvalue weighted by molar-refractivity contribution is -0.150. The van der Waals surface area contributed by atoms with Gasteiger partial charge in [-0.15, -0.1) is 0 Å². The van der Waals surface area contributed by atoms with Gasteiger partial charge in [0.2, 0.25) is 0 Å². The number of carbonyl (C=O) groups is 1. The summed E-state index contributed by atoms with van der Waals surface area (Å²) in [5.74, 6) is -0.300. The van der Waals surface area contributed by atoms with Gasteiger partial charge in [0, 0.05) is 6.92 Å². The molecule has 1 aliphatic heterocycles. The second-order valence-corrected chi connectivity index (χ2v) is 7.05. The number of rotatable bonds is 8. The number of benzene rings is 2. The fourth-order valence-electron chi connectivity index (χ4n) is 3.71. The highest BCUT2D eigenvalue weighted by Gasteiger charge is 2.63. The van der Waals surface area contributed by atoms with E-state index in [1.807, 2.05) is 60.7 Å². The van der Waals surface area contributed by atoms with Gasteiger partial charge < -0.3 is 18.9 Å². The van der Waals surface area contributed by atoms with Crippen LogP contribution in [0.4, 0.5) is 0 Å². The van der Waals surface area contributed by atoms with Crippen molar-refractivity contribution in [1.29, 1.82) is 0 Å². The first kappa shape index (κ1) is 18.2. The van der Waals surface area contributed by atoms with Gasteiger partial charge in [0.25, 0.3) is 0 Å². The Hall–Kier alpha value is -2.21. The molecule has 0 bridgehead atoms. The summed E-state index contributed by atoms with van der Waals surface area (Å²) >= 11 is 0. The Balaban J connectivity index is 1.43. The van der Waals surface area contributed by atoms with Gasteiger partial charge in [-0.25, -0.2) is 0 Å². The average Bonchev–Trinajstić information content (AvgIpc) is 3.42. The van der Waals surface area contributed by atoms with E-state index in [4.69, 9.17) is 18.9 Å². The van der Waals surface area contributed by atoms with Gasteiger partial charge in [0.1, 0.15) is 12.2 Å². The number of hydrogen-bond donors (Lipinski definition) is 0. The Labute approximate surface area is 159 Å². The molecule has 2 aromatic rings. The monoisotopic (exact) mass is 368 g/mol. The summed E-state index contributed by atoms with van der Waals surface area (Å²) in [6, 6.07) is 20.1. The van der Waals surface area contributed by atoms with Gasteiger partial charge in [0.15, 0.2) is 0 Å². The van der Waals surface area contributed by atoms with Crippen LogP contribution in [0.15, 0.2) is 60.7 Å². The SMILES string of the molecule is CC(=O)OC[C@H]1[C@@H](OCc2ccccc2)[C@@H](OCc2ccccc2)[C@@H]2O[C@H]12. The third kappa shape index (κ3) is 4.38. The van der Waals surface area contributed by atoms with Crippen LogP contribution in [0.5, 0.6) is 0 Å². The van der Waals surface area contributed by atoms with Crippen LogP contribution in [0.3, 0.4) is 0 Å². The zero-order valence-corrected chi connectivity index (χ0v) is 15.3. The molecule has 1 heterocycles. The minimum atomic E-state index is -0.289. The summed E-state index contributed by atoms with van der Waals surface area (Å²) in [6.45, 7) is 2.71. The van der Waals surface area contributed by atoms with Crippen LogP contribution in [0.1, 0.15) is 18.1 Å². The van der Waals surface area contributed by atoms with Crippen molar-refractivity contribution >= 4 is 5.97 Å². The average molecular weight is 368 g/mol. The molecule has 2 aromatic carbocycles. The molecule has 142 valence electrons. The first-order valence-electron chi connectivity index (χ1n) is 9.32. The van der Waals surface area contributed by atoms with E-state index in [0.29, 0.717) is 19.8 Å². The van der Waals surface area contributed by atoms with Crippen molar-refractivity contribution in [3.8, 4) is 0 Å². The highest BCUT2D eigenvalue weighted by atomic mass is 16.6. The number of ether oxygens (including phenoxy) is 4. The third-order valence-corrected chi connectivity index (χ3v) is 5.10. The molecule has 1 aliphatic carbocycles. The summed E-state index contributed by atoms with van der Waals surface area (Å²) in [5.41, 5.74) is 2.21. The lowest BCUT2D eigenvalue weighted by atomic mass is 10.1. The molecule has 0 N–H and O–H groups in total. The lowest BCUT2D eigenvalue weighted by Crippen LogP contribution is -2.38. The smallest absolute Gasteiger partial charge is 0.302 e. The van der Waals surface area contributed by atoms with Crippen molar-refractivity contribution in [2.45, 2.75) is 44.6 Å². The Morgan fingerprint density at radius 3 is 1.96 bits per heavy atom. The van der Waals surface area contributed by atoms with Gasteiger partial charge in [-0.3, -0.25) is 4.79 Å². The summed E-state index contributed by atoms with van der Waals surface area (Å²) in [7, 11) is 0. The highest BCUT2D eigenvalue weighted by Crippen LogP contribution is 2.47. The first-order valence-corrected chi connectivity index (χ1v) is 9.32. The van der Waals surface area contributed by atoms with Crippen LogP contribution in [-0.2, 0) is 37.0 Å². The fourth-order valence-corrected chi connectivity index (χ4v) is 3.71. The number of hydrogen-bond acceptors (Lipinski definition) is 5. The second-order valence-electron chi connectivity index (χ2n) is 7.05. The van der Waals surface area contributed by atoms with Crippen LogP contribution in [-0.4, -0.2) is 37.0 Å². The molecule has 2 aliphatic rings. The predicted octanol–water partition coefficient (Wildman–Crippen LogP) is 3.12. The Bertz CT molecular complexity index is 748. The lowest BCUT2D eigenvalue weighted by Gasteiger charge is -2.28. The van der Waals surface area contributed by atoms with E-state index in [1.54, 1.807) is 0 Å². The Kier molecular flexibility index (Phi) is 5.53. The summed E-state index contributed by atoms with van der Waals surface area (Å²) < 4.78 is 23.5. The summed E-state index contributed by atoms with van der Waals surface area (Å²) in [5, 5.41) is 0. The summed E-state index contributed by atoms with van der Waals surface area (Å²) in [4.78, 5) is 11.3. The van der Waals surface area contributed by atoms with Crippen molar-refractivity contribution in [1.82, 2.24) is 0 Å². The zero-order valence-electron chi connectivity index (χ0n) is 15.3. The quantitative estimate of drug-likeness (QED) is 0.529. The van der Waals surface area contributed by atoms with Gasteiger partial charge in [0.05, 0.1) is 37.9 Å². The maximum atomic E-state index is 11.3. The van der Waals surface area contributed by atoms with E-state index in [2.05, 4.69) is 0 Å². The number of esters is 1. The molecule has 1 saturated carbocycles. The summed E-state index contributed by atoms with van der Waals surface area (Å²) in [6.07, 6.45) is -0.294. The van der Waals surface area contributed by atoms with E-state index in [0.717, 1.165) is 11.1 Å². The third-order valence-electron chi connectivity index (χ3n) is 5.10. The molecule has 5 nitrogen and oxygen atoms in total. The Morgan fingerprint density at radius 1 is 0.852 bits per heavy atom. The molecule has 5 atom stereocenters. The van der Waals surface area contributed by atoms with Crippen molar-refractivity contribution < 1.29 is 23.7 Å². The number of epoxide rings is 1. The maximum Gasteiger partial charge on any atom is 0.302 e. The molecular weight excluding hydrogens is 344 g/mol. The largest absolute Gasteiger partial charge is 0.465 e. The van der Waals surface area contributed by atoms with Gasteiger partial charge in [-0.05, 0) is 11.1 Å². The number of carbonyl (C=O) groups excluding carboxylic acids is 1. The van der Waals surface area contributed by atoms with Gasteiger partial charge in [-0.1, -0.05) is 60.7 Å². The van der Waals surface area contributed by atoms with Crippen molar-refractivity contribution in [2.24, 2.45) is 5.92 Å². The minimum Gasteiger partial charge on any atom is -0.465 e. The second kappa shape index (κ2) is 8.21. The molecule has 27 heavy (non-hydrogen) atoms. The van der Waals surface area contributed by atoms with Crippen LogP contribution in [0.25, 0.3) is 0 Å². The molecule has 1 saturated heterocycles. The molecule has 2 fully saturated rings. The maximum absolute atomic E-state index is 11.3. The first-order chi connectivity index (χ1) is 13.2. The molecular formula is C22H24O5. The number of fused-ring (bicyclic) bond motifs is 1. The van der Waals surface area contributed by atoms with Crippen molar-refractivity contribution in [3.05, 3.63) is 71.8 Å². The highest BCUT2D eigenvalue weighted by molar-refractivity contribution is 5.65. The fraction of sp³-hybridized carbons (Fsp3) is 0.409. The van der Waals surface area contributed by atoms with Crippen LogP contribution >= 0.6 is 0 Å². The van der Waals surface area contributed by atoms with Crippen molar-refractivity contribution in [3.63, 3.8) is 0 Å². The van der Waals surface area contributed by atoms with E-state index in [1.165, 1.54) is 6.92 Å². The molecule has 5 heteroatoms. The van der Waals surface area contributed by atoms with E-state index in [9.17, 15) is 4.79 Å². The molecule has 0 unspecified atom stereocenters. The van der Waals surface area contributed by atoms with Crippen molar-refractivity contribution in [2.75, 3.05) is 6.61 Å². The Morgan fingerprint density at radius 2 is 1.41 bits per heavy atom. The van der Waals surface area contributed by atoms with E-state index in [-0.39, 0.29) is 36.3 Å². The van der Waals surface area contributed by atoms with Gasteiger partial charge in [-0.2, -0.15) is 0 Å². The van der Waals surface area contributed by atoms with Gasteiger partial charge >= 0.3 is 5.97 Å². The van der Waals surface area contributed by atoms with Crippen LogP contribution in [0.2, 0.25) is 0 Å². The normalized spacial score (nSPS) is 28.6. The predicted molar refractivity (Wildman–Crippen MR) is 98.8 cm³/mol.